The number of piperidine rings is 1. The van der Waals surface area contributed by atoms with Crippen LogP contribution < -0.4 is 20.9 Å². The van der Waals surface area contributed by atoms with Crippen LogP contribution in [0.1, 0.15) is 36.7 Å². The van der Waals surface area contributed by atoms with Crippen LogP contribution in [0.5, 0.6) is 0 Å². The van der Waals surface area contributed by atoms with E-state index in [9.17, 15) is 14.4 Å². The molecule has 11 heteroatoms. The van der Waals surface area contributed by atoms with Gasteiger partial charge in [-0.25, -0.2) is 9.97 Å². The van der Waals surface area contributed by atoms with Crippen LogP contribution in [0.25, 0.3) is 17.3 Å². The number of hydrogen-bond donors (Lipinski definition) is 3. The molecule has 1 aromatic carbocycles. The summed E-state index contributed by atoms with van der Waals surface area (Å²) in [6, 6.07) is 13.6. The predicted octanol–water partition coefficient (Wildman–Crippen LogP) is 4.14. The first kappa shape index (κ1) is 27.5. The lowest BCUT2D eigenvalue weighted by molar-refractivity contribution is -0.115. The second-order valence-corrected chi connectivity index (χ2v) is 11.0. The third kappa shape index (κ3) is 7.10. The summed E-state index contributed by atoms with van der Waals surface area (Å²) >= 11 is 0.881. The van der Waals surface area contributed by atoms with Gasteiger partial charge in [-0.1, -0.05) is 12.1 Å². The highest BCUT2D eigenvalue weighted by Crippen LogP contribution is 2.26. The van der Waals surface area contributed by atoms with E-state index in [-0.39, 0.29) is 11.1 Å². The van der Waals surface area contributed by atoms with Gasteiger partial charge in [-0.3, -0.25) is 24.7 Å². The molecule has 0 aliphatic carbocycles. The number of carbonyl (C=O) groups is 3. The van der Waals surface area contributed by atoms with Gasteiger partial charge in [-0.2, -0.15) is 0 Å². The van der Waals surface area contributed by atoms with Gasteiger partial charge in [0.25, 0.3) is 11.1 Å². The zero-order valence-corrected chi connectivity index (χ0v) is 23.3. The number of aryl methyl sites for hydroxylation is 1. The number of aromatic nitrogens is 3. The number of carbonyl (C=O) groups excluding carboxylic acids is 3. The zero-order chi connectivity index (χ0) is 28.1. The van der Waals surface area contributed by atoms with Crippen molar-refractivity contribution in [2.24, 2.45) is 5.92 Å². The molecule has 0 bridgehead atoms. The smallest absolute Gasteiger partial charge is 0.290 e. The maximum absolute atomic E-state index is 11.8. The van der Waals surface area contributed by atoms with E-state index < -0.39 is 5.91 Å². The molecule has 3 amide bonds. The standard InChI is InChI=1S/C29H31N7O3S/c1-18-12-24(33-25(13-18)21-4-3-5-22(14-21)32-19(2)37)17-30-16-20-7-10-36(11-8-20)28-31-9-6-23(34-28)15-26-27(38)35-29(39)40-26/h3-6,9,12-15,20,30H,7-8,10-11,16-17H2,1-2H3,(H,32,37)(H,35,38,39). The van der Waals surface area contributed by atoms with Gasteiger partial charge < -0.3 is 15.5 Å². The molecular weight excluding hydrogens is 526 g/mol. The predicted molar refractivity (Wildman–Crippen MR) is 156 cm³/mol. The maximum atomic E-state index is 11.8. The van der Waals surface area contributed by atoms with Crippen molar-refractivity contribution in [2.45, 2.75) is 33.2 Å². The van der Waals surface area contributed by atoms with Gasteiger partial charge in [-0.15, -0.1) is 0 Å². The Kier molecular flexibility index (Phi) is 8.51. The van der Waals surface area contributed by atoms with Crippen molar-refractivity contribution >= 4 is 46.5 Å². The van der Waals surface area contributed by atoms with Gasteiger partial charge in [0.2, 0.25) is 11.9 Å². The Morgan fingerprint density at radius 3 is 2.73 bits per heavy atom. The van der Waals surface area contributed by atoms with E-state index in [1.165, 1.54) is 6.92 Å². The third-order valence-electron chi connectivity index (χ3n) is 6.72. The molecule has 2 aromatic heterocycles. The van der Waals surface area contributed by atoms with Crippen LogP contribution in [0.15, 0.2) is 53.6 Å². The number of anilines is 2. The highest BCUT2D eigenvalue weighted by molar-refractivity contribution is 8.18. The number of thioether (sulfide) groups is 1. The number of nitrogens with one attached hydrogen (secondary N) is 3. The Balaban J connectivity index is 1.13. The third-order valence-corrected chi connectivity index (χ3v) is 7.53. The van der Waals surface area contributed by atoms with Crippen molar-refractivity contribution < 1.29 is 14.4 Å². The molecular formula is C29H31N7O3S. The molecule has 0 saturated carbocycles. The molecule has 0 unspecified atom stereocenters. The molecule has 0 atom stereocenters. The van der Waals surface area contributed by atoms with E-state index in [1.807, 2.05) is 24.3 Å². The Bertz CT molecular complexity index is 1470. The number of nitrogens with zero attached hydrogens (tertiary/aromatic N) is 4. The topological polar surface area (TPSA) is 129 Å². The van der Waals surface area contributed by atoms with Crippen LogP contribution in [-0.2, 0) is 16.1 Å². The highest BCUT2D eigenvalue weighted by atomic mass is 32.2. The van der Waals surface area contributed by atoms with Gasteiger partial charge in [0, 0.05) is 44.0 Å². The Labute approximate surface area is 237 Å². The summed E-state index contributed by atoms with van der Waals surface area (Å²) in [5.41, 5.74) is 5.32. The van der Waals surface area contributed by atoms with E-state index in [1.54, 1.807) is 18.3 Å². The van der Waals surface area contributed by atoms with Gasteiger partial charge >= 0.3 is 0 Å². The van der Waals surface area contributed by atoms with Crippen LogP contribution in [0, 0.1) is 12.8 Å². The van der Waals surface area contributed by atoms with Crippen molar-refractivity contribution in [1.82, 2.24) is 25.6 Å². The summed E-state index contributed by atoms with van der Waals surface area (Å²) in [5, 5.41) is 8.30. The molecule has 40 heavy (non-hydrogen) atoms. The van der Waals surface area contributed by atoms with Crippen LogP contribution in [-0.4, -0.2) is 51.6 Å². The van der Waals surface area contributed by atoms with E-state index in [0.717, 1.165) is 72.4 Å². The first-order valence-electron chi connectivity index (χ1n) is 13.2. The molecule has 10 nitrogen and oxygen atoms in total. The normalized spacial score (nSPS) is 16.9. The summed E-state index contributed by atoms with van der Waals surface area (Å²) in [6.07, 6.45) is 5.33. The van der Waals surface area contributed by atoms with Gasteiger partial charge in [0.05, 0.1) is 22.0 Å². The monoisotopic (exact) mass is 557 g/mol. The van der Waals surface area contributed by atoms with Gasteiger partial charge in [0.1, 0.15) is 0 Å². The highest BCUT2D eigenvalue weighted by Gasteiger charge is 2.26. The molecule has 2 fully saturated rings. The van der Waals surface area contributed by atoms with Crippen molar-refractivity contribution in [3.8, 4) is 11.3 Å². The van der Waals surface area contributed by atoms with Crippen molar-refractivity contribution in [1.29, 1.82) is 0 Å². The number of benzene rings is 1. The van der Waals surface area contributed by atoms with Crippen LogP contribution in [0.3, 0.4) is 0 Å². The van der Waals surface area contributed by atoms with E-state index in [4.69, 9.17) is 4.98 Å². The number of hydrogen-bond acceptors (Lipinski definition) is 9. The minimum atomic E-state index is -0.392. The summed E-state index contributed by atoms with van der Waals surface area (Å²) in [4.78, 5) is 51.1. The lowest BCUT2D eigenvalue weighted by atomic mass is 9.97. The van der Waals surface area contributed by atoms with Crippen molar-refractivity contribution in [2.75, 3.05) is 29.9 Å². The van der Waals surface area contributed by atoms with Crippen molar-refractivity contribution in [3.05, 3.63) is 70.5 Å². The average molecular weight is 558 g/mol. The Morgan fingerprint density at radius 1 is 1.15 bits per heavy atom. The molecule has 206 valence electrons. The molecule has 5 rings (SSSR count). The van der Waals surface area contributed by atoms with Crippen LogP contribution in [0.2, 0.25) is 0 Å². The molecule has 2 aliphatic heterocycles. The number of pyridine rings is 1. The van der Waals surface area contributed by atoms with Gasteiger partial charge in [0.15, 0.2) is 0 Å². The summed E-state index contributed by atoms with van der Waals surface area (Å²) in [7, 11) is 0. The minimum Gasteiger partial charge on any atom is -0.341 e. The molecule has 4 heterocycles. The fourth-order valence-corrected chi connectivity index (χ4v) is 5.50. The second kappa shape index (κ2) is 12.4. The van der Waals surface area contributed by atoms with E-state index in [0.29, 0.717) is 29.0 Å². The summed E-state index contributed by atoms with van der Waals surface area (Å²) in [5.74, 6) is 0.674. The lowest BCUT2D eigenvalue weighted by Crippen LogP contribution is -2.38. The molecule has 2 aliphatic rings. The summed E-state index contributed by atoms with van der Waals surface area (Å²) < 4.78 is 0. The lowest BCUT2D eigenvalue weighted by Gasteiger charge is -2.32. The maximum Gasteiger partial charge on any atom is 0.290 e. The van der Waals surface area contributed by atoms with E-state index >= 15 is 0 Å². The largest absolute Gasteiger partial charge is 0.341 e. The SMILES string of the molecule is CC(=O)Nc1cccc(-c2cc(C)cc(CNCC3CCN(c4nccc(C=C5SC(=O)NC5=O)n4)CC3)n2)c1. The molecule has 0 spiro atoms. The zero-order valence-electron chi connectivity index (χ0n) is 22.4. The molecule has 3 N–H and O–H groups in total. The fourth-order valence-electron chi connectivity index (χ4n) is 4.83. The van der Waals surface area contributed by atoms with Gasteiger partial charge in [-0.05, 0) is 86.0 Å². The first-order valence-corrected chi connectivity index (χ1v) is 14.0. The summed E-state index contributed by atoms with van der Waals surface area (Å²) in [6.45, 7) is 6.82. The van der Waals surface area contributed by atoms with Crippen LogP contribution in [0.4, 0.5) is 16.4 Å². The minimum absolute atomic E-state index is 0.101. The van der Waals surface area contributed by atoms with Crippen LogP contribution >= 0.6 is 11.8 Å². The Hall–Kier alpha value is -4.09. The number of amides is 3. The molecule has 3 aromatic rings. The molecule has 0 radical (unpaired) electrons. The fraction of sp³-hybridized carbons (Fsp3) is 0.310. The Morgan fingerprint density at radius 2 is 1.98 bits per heavy atom. The first-order chi connectivity index (χ1) is 19.3. The average Bonchev–Trinajstić information content (AvgIpc) is 3.24. The van der Waals surface area contributed by atoms with Crippen molar-refractivity contribution in [3.63, 3.8) is 0 Å². The molecule has 2 saturated heterocycles. The number of rotatable bonds is 8. The number of imide groups is 1. The van der Waals surface area contributed by atoms with E-state index in [2.05, 4.69) is 49.9 Å². The quantitative estimate of drug-likeness (QED) is 0.350. The second-order valence-electron chi connectivity index (χ2n) is 9.98.